The van der Waals surface area contributed by atoms with Crippen molar-refractivity contribution in [3.8, 4) is 0 Å². The van der Waals surface area contributed by atoms with Crippen molar-refractivity contribution in [1.82, 2.24) is 14.9 Å². The van der Waals surface area contributed by atoms with E-state index >= 15 is 0 Å². The van der Waals surface area contributed by atoms with E-state index in [4.69, 9.17) is 0 Å². The number of rotatable bonds is 7. The van der Waals surface area contributed by atoms with Gasteiger partial charge in [-0.2, -0.15) is 0 Å². The van der Waals surface area contributed by atoms with Gasteiger partial charge in [-0.3, -0.25) is 9.62 Å². The van der Waals surface area contributed by atoms with E-state index in [1.807, 2.05) is 18.2 Å². The summed E-state index contributed by atoms with van der Waals surface area (Å²) in [5.74, 6) is 1.34. The molecule has 0 bridgehead atoms. The Bertz CT molecular complexity index is 904. The number of nitrogens with zero attached hydrogens (tertiary/aromatic N) is 4. The molecule has 1 saturated heterocycles. The highest BCUT2D eigenvalue weighted by atomic mass is 32.2. The summed E-state index contributed by atoms with van der Waals surface area (Å²) in [5, 5.41) is 0. The molecule has 2 aromatic rings. The Labute approximate surface area is 167 Å². The third kappa shape index (κ3) is 4.88. The molecule has 28 heavy (non-hydrogen) atoms. The van der Waals surface area contributed by atoms with E-state index in [0.29, 0.717) is 5.92 Å². The number of benzene rings is 1. The molecular formula is C20H27N5O2S. The summed E-state index contributed by atoms with van der Waals surface area (Å²) in [5.41, 5.74) is 1.10. The number of anilines is 2. The Kier molecular flexibility index (Phi) is 6.31. The summed E-state index contributed by atoms with van der Waals surface area (Å²) in [4.78, 5) is 13.1. The molecule has 1 fully saturated rings. The Hall–Kier alpha value is -2.45. The number of nitrogens with one attached hydrogen (secondary N) is 1. The Morgan fingerprint density at radius 1 is 1.14 bits per heavy atom. The minimum absolute atomic E-state index is 0.218. The molecule has 150 valence electrons. The lowest BCUT2D eigenvalue weighted by molar-refractivity contribution is 0.283. The third-order valence-corrected chi connectivity index (χ3v) is 6.20. The molecule has 1 aromatic heterocycles. The van der Waals surface area contributed by atoms with Crippen LogP contribution in [-0.4, -0.2) is 56.0 Å². The van der Waals surface area contributed by atoms with Crippen molar-refractivity contribution < 1.29 is 8.42 Å². The number of hydrogen-bond acceptors (Lipinski definition) is 6. The summed E-state index contributed by atoms with van der Waals surface area (Å²) in [6.07, 6.45) is 3.30. The van der Waals surface area contributed by atoms with Gasteiger partial charge in [0.25, 0.3) is 10.0 Å². The second kappa shape index (κ2) is 8.70. The summed E-state index contributed by atoms with van der Waals surface area (Å²) >= 11 is 0. The van der Waals surface area contributed by atoms with Crippen LogP contribution in [0.5, 0.6) is 0 Å². The number of sulfonamides is 1. The molecule has 8 heteroatoms. The fourth-order valence-electron chi connectivity index (χ4n) is 3.15. The smallest absolute Gasteiger partial charge is 0.263 e. The highest BCUT2D eigenvalue weighted by Crippen LogP contribution is 2.21. The lowest BCUT2D eigenvalue weighted by Crippen LogP contribution is -2.46. The summed E-state index contributed by atoms with van der Waals surface area (Å²) in [6.45, 7) is 12.3. The van der Waals surface area contributed by atoms with Gasteiger partial charge in [0.1, 0.15) is 18.0 Å². The van der Waals surface area contributed by atoms with Crippen molar-refractivity contribution in [2.75, 3.05) is 42.3 Å². The van der Waals surface area contributed by atoms with Crippen LogP contribution in [0, 0.1) is 0 Å². The first-order chi connectivity index (χ1) is 13.4. The number of aromatic nitrogens is 2. The number of hydrogen-bond donors (Lipinski definition) is 1. The van der Waals surface area contributed by atoms with E-state index in [1.54, 1.807) is 18.2 Å². The second-order valence-corrected chi connectivity index (χ2v) is 8.85. The molecule has 1 aliphatic rings. The normalized spacial score (nSPS) is 15.6. The molecule has 1 N–H and O–H groups in total. The van der Waals surface area contributed by atoms with Gasteiger partial charge in [-0.15, -0.1) is 6.58 Å². The fraction of sp³-hybridized carbons (Fsp3) is 0.400. The SMILES string of the molecule is C=CCN1CCN(c2cc(NS(=O)(=O)c3ccc(C(C)C)cc3)ncn2)CC1. The van der Waals surface area contributed by atoms with Gasteiger partial charge in [0.15, 0.2) is 0 Å². The molecule has 1 aromatic carbocycles. The van der Waals surface area contributed by atoms with Crippen LogP contribution in [-0.2, 0) is 10.0 Å². The standard InChI is InChI=1S/C20H27N5O2S/c1-4-9-24-10-12-25(13-11-24)20-14-19(21-15-22-20)23-28(26,27)18-7-5-17(6-8-18)16(2)3/h4-8,14-16H,1,9-13H2,2-3H3,(H,21,22,23). The Balaban J connectivity index is 1.71. The molecule has 0 spiro atoms. The summed E-state index contributed by atoms with van der Waals surface area (Å²) in [6, 6.07) is 8.61. The maximum absolute atomic E-state index is 12.7. The van der Waals surface area contributed by atoms with Crippen LogP contribution in [0.1, 0.15) is 25.3 Å². The maximum atomic E-state index is 12.7. The van der Waals surface area contributed by atoms with Gasteiger partial charge in [0.2, 0.25) is 0 Å². The molecular weight excluding hydrogens is 374 g/mol. The lowest BCUT2D eigenvalue weighted by atomic mass is 10.0. The molecule has 0 saturated carbocycles. The first-order valence-corrected chi connectivity index (χ1v) is 10.9. The molecule has 3 rings (SSSR count). The molecule has 0 radical (unpaired) electrons. The molecule has 0 amide bonds. The van der Waals surface area contributed by atoms with Gasteiger partial charge < -0.3 is 4.90 Å². The van der Waals surface area contributed by atoms with Crippen molar-refractivity contribution in [3.05, 3.63) is 54.9 Å². The molecule has 2 heterocycles. The van der Waals surface area contributed by atoms with Crippen LogP contribution in [0.2, 0.25) is 0 Å². The lowest BCUT2D eigenvalue weighted by Gasteiger charge is -2.34. The molecule has 7 nitrogen and oxygen atoms in total. The summed E-state index contributed by atoms with van der Waals surface area (Å²) in [7, 11) is -3.70. The van der Waals surface area contributed by atoms with Crippen molar-refractivity contribution in [2.24, 2.45) is 0 Å². The predicted molar refractivity (Wildman–Crippen MR) is 112 cm³/mol. The zero-order valence-corrected chi connectivity index (χ0v) is 17.2. The average molecular weight is 402 g/mol. The third-order valence-electron chi connectivity index (χ3n) is 4.83. The van der Waals surface area contributed by atoms with E-state index in [9.17, 15) is 8.42 Å². The predicted octanol–water partition coefficient (Wildman–Crippen LogP) is 2.71. The van der Waals surface area contributed by atoms with Crippen molar-refractivity contribution in [1.29, 1.82) is 0 Å². The second-order valence-electron chi connectivity index (χ2n) is 7.17. The van der Waals surface area contributed by atoms with E-state index in [0.717, 1.165) is 44.1 Å². The first kappa shape index (κ1) is 20.3. The van der Waals surface area contributed by atoms with Crippen LogP contribution in [0.4, 0.5) is 11.6 Å². The minimum atomic E-state index is -3.70. The first-order valence-electron chi connectivity index (χ1n) is 9.42. The molecule has 0 unspecified atom stereocenters. The maximum Gasteiger partial charge on any atom is 0.263 e. The average Bonchev–Trinajstić information content (AvgIpc) is 2.69. The van der Waals surface area contributed by atoms with Gasteiger partial charge in [0.05, 0.1) is 4.90 Å². The minimum Gasteiger partial charge on any atom is -0.354 e. The van der Waals surface area contributed by atoms with Crippen molar-refractivity contribution in [3.63, 3.8) is 0 Å². The van der Waals surface area contributed by atoms with Crippen LogP contribution in [0.3, 0.4) is 0 Å². The van der Waals surface area contributed by atoms with E-state index in [2.05, 4.69) is 44.9 Å². The van der Waals surface area contributed by atoms with Crippen LogP contribution in [0.15, 0.2) is 54.2 Å². The van der Waals surface area contributed by atoms with Crippen molar-refractivity contribution >= 4 is 21.7 Å². The van der Waals surface area contributed by atoms with Gasteiger partial charge in [0, 0.05) is 38.8 Å². The molecule has 0 atom stereocenters. The topological polar surface area (TPSA) is 78.4 Å². The zero-order valence-electron chi connectivity index (χ0n) is 16.4. The highest BCUT2D eigenvalue weighted by Gasteiger charge is 2.19. The van der Waals surface area contributed by atoms with Gasteiger partial charge in [-0.1, -0.05) is 32.1 Å². The van der Waals surface area contributed by atoms with Crippen LogP contribution >= 0.6 is 0 Å². The Morgan fingerprint density at radius 2 is 1.82 bits per heavy atom. The highest BCUT2D eigenvalue weighted by molar-refractivity contribution is 7.92. The van der Waals surface area contributed by atoms with Crippen molar-refractivity contribution in [2.45, 2.75) is 24.7 Å². The molecule has 1 aliphatic heterocycles. The van der Waals surface area contributed by atoms with E-state index < -0.39 is 10.0 Å². The molecule has 0 aliphatic carbocycles. The summed E-state index contributed by atoms with van der Waals surface area (Å²) < 4.78 is 27.9. The van der Waals surface area contributed by atoms with Gasteiger partial charge >= 0.3 is 0 Å². The zero-order chi connectivity index (χ0) is 20.1. The number of piperazine rings is 1. The Morgan fingerprint density at radius 3 is 2.43 bits per heavy atom. The quantitative estimate of drug-likeness (QED) is 0.719. The fourth-order valence-corrected chi connectivity index (χ4v) is 4.15. The van der Waals surface area contributed by atoms with Crippen LogP contribution < -0.4 is 9.62 Å². The van der Waals surface area contributed by atoms with Crippen LogP contribution in [0.25, 0.3) is 0 Å². The van der Waals surface area contributed by atoms with Gasteiger partial charge in [-0.25, -0.2) is 18.4 Å². The van der Waals surface area contributed by atoms with E-state index in [-0.39, 0.29) is 10.7 Å². The van der Waals surface area contributed by atoms with E-state index in [1.165, 1.54) is 6.33 Å². The van der Waals surface area contributed by atoms with Gasteiger partial charge in [-0.05, 0) is 23.6 Å². The largest absolute Gasteiger partial charge is 0.354 e. The monoisotopic (exact) mass is 401 g/mol.